The number of aliphatic carboxylic acids is 1. The first-order valence-corrected chi connectivity index (χ1v) is 7.72. The smallest absolute Gasteiger partial charge is 0.326 e. The number of carbonyl (C=O) groups excluding carboxylic acids is 1. The highest BCUT2D eigenvalue weighted by Crippen LogP contribution is 2.51. The van der Waals surface area contributed by atoms with E-state index in [2.05, 4.69) is 5.32 Å². The van der Waals surface area contributed by atoms with Crippen molar-refractivity contribution in [3.63, 3.8) is 0 Å². The van der Waals surface area contributed by atoms with Crippen LogP contribution in [0.1, 0.15) is 44.6 Å². The van der Waals surface area contributed by atoms with Gasteiger partial charge in [-0.05, 0) is 25.3 Å². The van der Waals surface area contributed by atoms with E-state index in [0.29, 0.717) is 12.2 Å². The molecule has 1 aliphatic rings. The van der Waals surface area contributed by atoms with Crippen LogP contribution < -0.4 is 10.1 Å². The van der Waals surface area contributed by atoms with E-state index in [-0.39, 0.29) is 5.91 Å². The summed E-state index contributed by atoms with van der Waals surface area (Å²) in [4.78, 5) is 24.0. The third-order valence-electron chi connectivity index (χ3n) is 4.26. The molecule has 0 spiro atoms. The van der Waals surface area contributed by atoms with Gasteiger partial charge in [-0.25, -0.2) is 4.79 Å². The number of amides is 1. The van der Waals surface area contributed by atoms with Crippen molar-refractivity contribution in [3.8, 4) is 5.75 Å². The number of hydrogen-bond donors (Lipinski definition) is 2. The van der Waals surface area contributed by atoms with Gasteiger partial charge < -0.3 is 15.2 Å². The van der Waals surface area contributed by atoms with E-state index in [4.69, 9.17) is 4.74 Å². The number of carboxylic acids is 1. The van der Waals surface area contributed by atoms with Crippen LogP contribution in [-0.2, 0) is 15.0 Å². The molecular formula is C17H23NO4. The third kappa shape index (κ3) is 3.24. The summed E-state index contributed by atoms with van der Waals surface area (Å²) < 4.78 is 5.34. The highest BCUT2D eigenvalue weighted by atomic mass is 16.5. The van der Waals surface area contributed by atoms with E-state index in [9.17, 15) is 14.7 Å². The first-order valence-electron chi connectivity index (χ1n) is 7.72. The average Bonchev–Trinajstić information content (AvgIpc) is 3.32. The van der Waals surface area contributed by atoms with Gasteiger partial charge in [0.2, 0.25) is 5.91 Å². The second-order valence-corrected chi connectivity index (χ2v) is 5.79. The van der Waals surface area contributed by atoms with Crippen LogP contribution in [0, 0.1) is 0 Å². The SMILES string of the molecule is CCCC[C@H](NC(=O)C1(c2ccccc2OC)CC1)C(=O)O. The zero-order valence-electron chi connectivity index (χ0n) is 13.1. The quantitative estimate of drug-likeness (QED) is 0.773. The molecule has 0 radical (unpaired) electrons. The maximum atomic E-state index is 12.6. The minimum Gasteiger partial charge on any atom is -0.496 e. The highest BCUT2D eigenvalue weighted by molar-refractivity contribution is 5.94. The summed E-state index contributed by atoms with van der Waals surface area (Å²) >= 11 is 0. The average molecular weight is 305 g/mol. The number of nitrogens with one attached hydrogen (secondary N) is 1. The molecule has 22 heavy (non-hydrogen) atoms. The molecule has 5 heteroatoms. The van der Waals surface area contributed by atoms with Crippen LogP contribution in [0.15, 0.2) is 24.3 Å². The number of unbranched alkanes of at least 4 members (excludes halogenated alkanes) is 1. The van der Waals surface area contributed by atoms with Crippen LogP contribution in [-0.4, -0.2) is 30.1 Å². The Morgan fingerprint density at radius 1 is 1.36 bits per heavy atom. The lowest BCUT2D eigenvalue weighted by atomic mass is 9.93. The second kappa shape index (κ2) is 6.81. The monoisotopic (exact) mass is 305 g/mol. The molecule has 1 aromatic rings. The van der Waals surface area contributed by atoms with Crippen LogP contribution in [0.25, 0.3) is 0 Å². The number of rotatable bonds is 8. The number of carboxylic acid groups (broad SMARTS) is 1. The molecule has 0 heterocycles. The van der Waals surface area contributed by atoms with E-state index >= 15 is 0 Å². The van der Waals surface area contributed by atoms with E-state index in [1.807, 2.05) is 31.2 Å². The summed E-state index contributed by atoms with van der Waals surface area (Å²) in [5.74, 6) is -0.506. The zero-order chi connectivity index (χ0) is 16.2. The van der Waals surface area contributed by atoms with Crippen molar-refractivity contribution >= 4 is 11.9 Å². The summed E-state index contributed by atoms with van der Waals surface area (Å²) in [6.45, 7) is 2.00. The standard InChI is InChI=1S/C17H23NO4/c1-3-4-8-13(15(19)20)18-16(21)17(10-11-17)12-7-5-6-9-14(12)22-2/h5-7,9,13H,3-4,8,10-11H2,1-2H3,(H,18,21)(H,19,20)/t13-/m0/s1. The first-order chi connectivity index (χ1) is 10.5. The fraction of sp³-hybridized carbons (Fsp3) is 0.529. The van der Waals surface area contributed by atoms with Crippen LogP contribution in [0.5, 0.6) is 5.75 Å². The minimum atomic E-state index is -0.974. The maximum absolute atomic E-state index is 12.6. The Bertz CT molecular complexity index is 551. The summed E-state index contributed by atoms with van der Waals surface area (Å²) in [7, 11) is 1.58. The number of carbonyl (C=O) groups is 2. The van der Waals surface area contributed by atoms with Gasteiger partial charge in [-0.15, -0.1) is 0 Å². The summed E-state index contributed by atoms with van der Waals surface area (Å²) in [5, 5.41) is 12.0. The molecule has 2 N–H and O–H groups in total. The van der Waals surface area contributed by atoms with Gasteiger partial charge >= 0.3 is 5.97 Å². The molecule has 0 bridgehead atoms. The topological polar surface area (TPSA) is 75.6 Å². The van der Waals surface area contributed by atoms with Crippen LogP contribution in [0.2, 0.25) is 0 Å². The fourth-order valence-electron chi connectivity index (χ4n) is 2.75. The van der Waals surface area contributed by atoms with Gasteiger partial charge in [0.1, 0.15) is 11.8 Å². The van der Waals surface area contributed by atoms with Gasteiger partial charge in [-0.2, -0.15) is 0 Å². The molecule has 5 nitrogen and oxygen atoms in total. The molecule has 1 saturated carbocycles. The van der Waals surface area contributed by atoms with E-state index in [1.165, 1.54) is 0 Å². The van der Waals surface area contributed by atoms with Crippen LogP contribution >= 0.6 is 0 Å². The van der Waals surface area contributed by atoms with Gasteiger partial charge in [-0.3, -0.25) is 4.79 Å². The Balaban J connectivity index is 2.15. The molecule has 1 atom stereocenters. The van der Waals surface area contributed by atoms with Gasteiger partial charge in [-0.1, -0.05) is 38.0 Å². The van der Waals surface area contributed by atoms with Crippen molar-refractivity contribution in [1.82, 2.24) is 5.32 Å². The predicted octanol–water partition coefficient (Wildman–Crippen LogP) is 2.49. The van der Waals surface area contributed by atoms with Gasteiger partial charge in [0.05, 0.1) is 12.5 Å². The zero-order valence-corrected chi connectivity index (χ0v) is 13.1. The third-order valence-corrected chi connectivity index (χ3v) is 4.26. The number of hydrogen-bond acceptors (Lipinski definition) is 3. The van der Waals surface area contributed by atoms with Crippen molar-refractivity contribution in [1.29, 1.82) is 0 Å². The Hall–Kier alpha value is -2.04. The Labute approximate surface area is 130 Å². The lowest BCUT2D eigenvalue weighted by Crippen LogP contribution is -2.45. The van der Waals surface area contributed by atoms with Crippen molar-refractivity contribution < 1.29 is 19.4 Å². The van der Waals surface area contributed by atoms with Crippen molar-refractivity contribution in [2.75, 3.05) is 7.11 Å². The van der Waals surface area contributed by atoms with E-state index in [0.717, 1.165) is 31.2 Å². The molecule has 0 aliphatic heterocycles. The van der Waals surface area contributed by atoms with Crippen molar-refractivity contribution in [3.05, 3.63) is 29.8 Å². The number of methoxy groups -OCH3 is 1. The fourth-order valence-corrected chi connectivity index (χ4v) is 2.75. The van der Waals surface area contributed by atoms with Crippen LogP contribution in [0.3, 0.4) is 0 Å². The van der Waals surface area contributed by atoms with E-state index in [1.54, 1.807) is 7.11 Å². The summed E-state index contributed by atoms with van der Waals surface area (Å²) in [6, 6.07) is 6.62. The molecule has 1 aliphatic carbocycles. The molecular weight excluding hydrogens is 282 g/mol. The largest absolute Gasteiger partial charge is 0.496 e. The predicted molar refractivity (Wildman–Crippen MR) is 83.0 cm³/mol. The minimum absolute atomic E-state index is 0.208. The first kappa shape index (κ1) is 16.3. The molecule has 1 fully saturated rings. The van der Waals surface area contributed by atoms with Gasteiger partial charge in [0, 0.05) is 5.56 Å². The number of para-hydroxylation sites is 1. The molecule has 120 valence electrons. The lowest BCUT2D eigenvalue weighted by Gasteiger charge is -2.21. The molecule has 0 aromatic heterocycles. The Kier molecular flexibility index (Phi) is 5.06. The Morgan fingerprint density at radius 3 is 2.59 bits per heavy atom. The normalized spacial score (nSPS) is 16.6. The summed E-state index contributed by atoms with van der Waals surface area (Å²) in [5.41, 5.74) is 0.210. The van der Waals surface area contributed by atoms with E-state index < -0.39 is 17.4 Å². The van der Waals surface area contributed by atoms with Crippen molar-refractivity contribution in [2.24, 2.45) is 0 Å². The van der Waals surface area contributed by atoms with Crippen molar-refractivity contribution in [2.45, 2.75) is 50.5 Å². The Morgan fingerprint density at radius 2 is 2.05 bits per heavy atom. The lowest BCUT2D eigenvalue weighted by molar-refractivity contribution is -0.142. The molecule has 0 unspecified atom stereocenters. The van der Waals surface area contributed by atoms with Gasteiger partial charge in [0.25, 0.3) is 0 Å². The molecule has 1 amide bonds. The number of ether oxygens (including phenoxy) is 1. The number of benzene rings is 1. The van der Waals surface area contributed by atoms with Crippen LogP contribution in [0.4, 0.5) is 0 Å². The maximum Gasteiger partial charge on any atom is 0.326 e. The van der Waals surface area contributed by atoms with Gasteiger partial charge in [0.15, 0.2) is 0 Å². The summed E-state index contributed by atoms with van der Waals surface area (Å²) in [6.07, 6.45) is 3.58. The highest BCUT2D eigenvalue weighted by Gasteiger charge is 2.53. The molecule has 1 aromatic carbocycles. The second-order valence-electron chi connectivity index (χ2n) is 5.79. The molecule has 0 saturated heterocycles. The molecule has 2 rings (SSSR count).